The molecular weight excluding hydrogens is 1020 g/mol. The molecule has 0 radical (unpaired) electrons. The zero-order chi connectivity index (χ0) is 58.2. The van der Waals surface area contributed by atoms with E-state index in [0.717, 1.165) is 111 Å². The van der Waals surface area contributed by atoms with Gasteiger partial charge >= 0.3 is 0 Å². The van der Waals surface area contributed by atoms with Crippen LogP contribution in [-0.4, -0.2) is 0 Å². The first kappa shape index (κ1) is 52.9. The van der Waals surface area contributed by atoms with Gasteiger partial charge in [0, 0.05) is 54.6 Å². The van der Waals surface area contributed by atoms with Gasteiger partial charge in [-0.2, -0.15) is 0 Å². The summed E-state index contributed by atoms with van der Waals surface area (Å²) >= 11 is 0. The molecule has 0 atom stereocenters. The number of benzene rings is 12. The van der Waals surface area contributed by atoms with Crippen molar-refractivity contribution in [2.45, 2.75) is 105 Å². The summed E-state index contributed by atoms with van der Waals surface area (Å²) in [6.07, 6.45) is 0. The van der Waals surface area contributed by atoms with E-state index < -0.39 is 0 Å². The number of hydrogen-bond donors (Lipinski definition) is 0. The minimum absolute atomic E-state index is 0.0622. The molecule has 0 aliphatic heterocycles. The lowest BCUT2D eigenvalue weighted by Gasteiger charge is -2.31. The standard InChI is InChI=1S/C80H72N2O2/c1-77(2,3)53-45-61-57-31-23-35-69(75(57)83-73(61)63(47-53)79(7,8)9)81(65-33-21-19-29-55(65)49-25-15-13-16-26-49)67-43-39-51-38-42-60-68(44-40-52-37-41-59(67)71(51)72(52)60)82(66-34-22-20-30-56(66)50-27-17-14-18-28-50)70-36-24-32-58-62-46-54(78(4,5)6)48-64(80(10,11)12)74(62)84-76(58)70/h13-48H,1-12H3. The quantitative estimate of drug-likeness (QED) is 0.142. The highest BCUT2D eigenvalue weighted by molar-refractivity contribution is 6.29. The van der Waals surface area contributed by atoms with E-state index in [-0.39, 0.29) is 21.7 Å². The Bertz CT molecular complexity index is 4570. The molecule has 0 unspecified atom stereocenters. The number of fused-ring (bicyclic) bond motifs is 6. The fraction of sp³-hybridized carbons (Fsp3) is 0.200. The lowest BCUT2D eigenvalue weighted by molar-refractivity contribution is 0.558. The van der Waals surface area contributed by atoms with E-state index >= 15 is 0 Å². The van der Waals surface area contributed by atoms with Crippen molar-refractivity contribution in [3.8, 4) is 22.3 Å². The van der Waals surface area contributed by atoms with Crippen LogP contribution < -0.4 is 9.80 Å². The summed E-state index contributed by atoms with van der Waals surface area (Å²) in [6.45, 7) is 27.6. The van der Waals surface area contributed by atoms with Crippen LogP contribution >= 0.6 is 0 Å². The Morgan fingerprint density at radius 2 is 0.619 bits per heavy atom. The average molecular weight is 1090 g/mol. The minimum Gasteiger partial charge on any atom is -0.454 e. The summed E-state index contributed by atoms with van der Waals surface area (Å²) in [4.78, 5) is 4.95. The van der Waals surface area contributed by atoms with Crippen LogP contribution in [0.3, 0.4) is 0 Å². The first-order valence-electron chi connectivity index (χ1n) is 29.8. The van der Waals surface area contributed by atoms with Crippen LogP contribution in [0.4, 0.5) is 34.1 Å². The van der Waals surface area contributed by atoms with Gasteiger partial charge in [-0.1, -0.05) is 253 Å². The Kier molecular flexibility index (Phi) is 12.1. The molecule has 14 rings (SSSR count). The van der Waals surface area contributed by atoms with E-state index in [9.17, 15) is 0 Å². The van der Waals surface area contributed by atoms with Gasteiger partial charge in [-0.15, -0.1) is 0 Å². The molecule has 414 valence electrons. The summed E-state index contributed by atoms with van der Waals surface area (Å²) in [6, 6.07) is 80.8. The van der Waals surface area contributed by atoms with Crippen molar-refractivity contribution >= 4 is 110 Å². The number of rotatable bonds is 8. The van der Waals surface area contributed by atoms with Crippen molar-refractivity contribution in [2.24, 2.45) is 0 Å². The lowest BCUT2D eigenvalue weighted by Crippen LogP contribution is -2.16. The number of anilines is 6. The maximum absolute atomic E-state index is 7.41. The van der Waals surface area contributed by atoms with Gasteiger partial charge in [0.05, 0.1) is 34.1 Å². The molecule has 0 N–H and O–H groups in total. The Labute approximate surface area is 493 Å². The summed E-state index contributed by atoms with van der Waals surface area (Å²) in [5.41, 5.74) is 18.9. The molecule has 12 aromatic carbocycles. The van der Waals surface area contributed by atoms with Gasteiger partial charge in [-0.05, 0) is 114 Å². The zero-order valence-electron chi connectivity index (χ0n) is 50.5. The van der Waals surface area contributed by atoms with Crippen molar-refractivity contribution in [2.75, 3.05) is 9.80 Å². The van der Waals surface area contributed by atoms with E-state index in [0.29, 0.717) is 0 Å². The van der Waals surface area contributed by atoms with Crippen molar-refractivity contribution in [1.82, 2.24) is 0 Å². The molecule has 0 bridgehead atoms. The van der Waals surface area contributed by atoms with Crippen LogP contribution in [0.15, 0.2) is 227 Å². The second kappa shape index (κ2) is 19.2. The molecule has 0 aliphatic carbocycles. The minimum atomic E-state index is -0.165. The number of para-hydroxylation sites is 4. The van der Waals surface area contributed by atoms with Gasteiger partial charge < -0.3 is 18.6 Å². The molecule has 2 aromatic heterocycles. The molecule has 4 nitrogen and oxygen atoms in total. The fourth-order valence-electron chi connectivity index (χ4n) is 13.1. The van der Waals surface area contributed by atoms with E-state index in [4.69, 9.17) is 8.83 Å². The first-order valence-corrected chi connectivity index (χ1v) is 29.8. The Morgan fingerprint density at radius 1 is 0.262 bits per heavy atom. The molecule has 84 heavy (non-hydrogen) atoms. The normalized spacial score (nSPS) is 12.8. The maximum Gasteiger partial charge on any atom is 0.159 e. The average Bonchev–Trinajstić information content (AvgIpc) is 1.91. The molecule has 14 aromatic rings. The number of nitrogens with zero attached hydrogens (tertiary/aromatic N) is 2. The smallest absolute Gasteiger partial charge is 0.159 e. The number of hydrogen-bond acceptors (Lipinski definition) is 4. The van der Waals surface area contributed by atoms with Crippen molar-refractivity contribution in [3.05, 3.63) is 241 Å². The lowest BCUT2D eigenvalue weighted by atomic mass is 9.79. The predicted octanol–water partition coefficient (Wildman–Crippen LogP) is 23.8. The van der Waals surface area contributed by atoms with E-state index in [1.54, 1.807) is 0 Å². The molecule has 0 fully saturated rings. The Balaban J connectivity index is 1.06. The third-order valence-corrected chi connectivity index (χ3v) is 17.5. The topological polar surface area (TPSA) is 32.8 Å². The second-order valence-corrected chi connectivity index (χ2v) is 27.3. The summed E-state index contributed by atoms with van der Waals surface area (Å²) in [7, 11) is 0. The van der Waals surface area contributed by atoms with Crippen molar-refractivity contribution in [1.29, 1.82) is 0 Å². The van der Waals surface area contributed by atoms with Crippen molar-refractivity contribution < 1.29 is 8.83 Å². The Hall–Kier alpha value is -9.12. The maximum atomic E-state index is 7.41. The Morgan fingerprint density at radius 3 is 1.00 bits per heavy atom. The number of furan rings is 2. The van der Waals surface area contributed by atoms with Crippen LogP contribution in [0.1, 0.15) is 105 Å². The molecule has 4 heteroatoms. The zero-order valence-corrected chi connectivity index (χ0v) is 50.5. The molecule has 0 saturated carbocycles. The van der Waals surface area contributed by atoms with Gasteiger partial charge in [-0.25, -0.2) is 0 Å². The molecule has 0 saturated heterocycles. The van der Waals surface area contributed by atoms with Crippen LogP contribution in [0.2, 0.25) is 0 Å². The van der Waals surface area contributed by atoms with Gasteiger partial charge in [0.15, 0.2) is 11.2 Å². The second-order valence-electron chi connectivity index (χ2n) is 27.3. The van der Waals surface area contributed by atoms with E-state index in [2.05, 4.69) is 311 Å². The summed E-state index contributed by atoms with van der Waals surface area (Å²) in [5, 5.41) is 11.5. The molecule has 0 aliphatic rings. The van der Waals surface area contributed by atoms with Crippen molar-refractivity contribution in [3.63, 3.8) is 0 Å². The molecule has 0 spiro atoms. The predicted molar refractivity (Wildman–Crippen MR) is 360 cm³/mol. The van der Waals surface area contributed by atoms with E-state index in [1.807, 2.05) is 0 Å². The highest BCUT2D eigenvalue weighted by atomic mass is 16.3. The SMILES string of the molecule is CC(C)(C)c1cc(C(C)(C)C)c2oc3c(N(c4ccccc4-c4ccccc4)c4ccc5ccc6c(N(c7ccccc7-c7ccccc7)c7cccc8c7oc7c(C(C)(C)C)cc(C(C)(C)C)cc78)ccc7ccc4c5c76)cccc3c2c1. The first-order chi connectivity index (χ1) is 40.2. The van der Waals surface area contributed by atoms with Crippen LogP contribution in [-0.2, 0) is 21.7 Å². The molecule has 0 amide bonds. The molecular formula is C80H72N2O2. The highest BCUT2D eigenvalue weighted by Gasteiger charge is 2.32. The van der Waals surface area contributed by atoms with Crippen LogP contribution in [0.5, 0.6) is 0 Å². The molecule has 2 heterocycles. The fourth-order valence-corrected chi connectivity index (χ4v) is 13.1. The summed E-state index contributed by atoms with van der Waals surface area (Å²) in [5.74, 6) is 0. The largest absolute Gasteiger partial charge is 0.454 e. The van der Waals surface area contributed by atoms with Crippen LogP contribution in [0, 0.1) is 0 Å². The summed E-state index contributed by atoms with van der Waals surface area (Å²) < 4.78 is 14.8. The highest BCUT2D eigenvalue weighted by Crippen LogP contribution is 2.54. The van der Waals surface area contributed by atoms with Gasteiger partial charge in [0.1, 0.15) is 11.2 Å². The monoisotopic (exact) mass is 1090 g/mol. The van der Waals surface area contributed by atoms with Crippen LogP contribution in [0.25, 0.3) is 98.4 Å². The van der Waals surface area contributed by atoms with Gasteiger partial charge in [0.2, 0.25) is 0 Å². The van der Waals surface area contributed by atoms with Gasteiger partial charge in [0.25, 0.3) is 0 Å². The van der Waals surface area contributed by atoms with Gasteiger partial charge in [-0.3, -0.25) is 0 Å². The van der Waals surface area contributed by atoms with E-state index in [1.165, 1.54) is 43.8 Å². The third kappa shape index (κ3) is 8.63. The third-order valence-electron chi connectivity index (χ3n) is 17.5.